The number of methoxy groups -OCH3 is 1. The number of hydrogen-bond donors (Lipinski definition) is 4. The molecule has 1 aromatic carbocycles. The Bertz CT molecular complexity index is 1440. The number of hydrogen-bond acceptors (Lipinski definition) is 7. The number of carbonyl (C=O) groups excluding carboxylic acids is 2. The van der Waals surface area contributed by atoms with Crippen molar-refractivity contribution in [2.45, 2.75) is 12.5 Å². The Labute approximate surface area is 209 Å². The zero-order valence-electron chi connectivity index (χ0n) is 18.6. The molecule has 0 aliphatic heterocycles. The molecular formula is C24H22ClN5O4S. The summed E-state index contributed by atoms with van der Waals surface area (Å²) in [5, 5.41) is 10.2. The molecule has 0 saturated heterocycles. The molecule has 0 spiro atoms. The highest BCUT2D eigenvalue weighted by molar-refractivity contribution is 7.08. The van der Waals surface area contributed by atoms with Crippen LogP contribution >= 0.6 is 22.9 Å². The predicted molar refractivity (Wildman–Crippen MR) is 137 cm³/mol. The molecule has 0 fully saturated rings. The number of fused-ring (bicyclic) bond motifs is 1. The van der Waals surface area contributed by atoms with Gasteiger partial charge in [-0.15, -0.1) is 0 Å². The summed E-state index contributed by atoms with van der Waals surface area (Å²) in [5.41, 5.74) is 6.94. The number of pyridine rings is 2. The summed E-state index contributed by atoms with van der Waals surface area (Å²) in [6, 6.07) is 9.22. The molecule has 4 aromatic rings. The SMILES string of the molecule is COc1cc2[nH]c(=O)c(C(=O)Nc3cc(C(=O)NC(CCN)c4ccsc4)ccc3Cl)cc2cn1. The number of rotatable bonds is 8. The van der Waals surface area contributed by atoms with Gasteiger partial charge in [0.05, 0.1) is 29.4 Å². The fraction of sp³-hybridized carbons (Fsp3) is 0.167. The smallest absolute Gasteiger partial charge is 0.261 e. The molecule has 1 atom stereocenters. The van der Waals surface area contributed by atoms with Gasteiger partial charge < -0.3 is 26.1 Å². The van der Waals surface area contributed by atoms with E-state index in [1.54, 1.807) is 12.1 Å². The second-order valence-electron chi connectivity index (χ2n) is 7.63. The van der Waals surface area contributed by atoms with Crippen molar-refractivity contribution in [3.05, 3.63) is 85.4 Å². The molecule has 0 bridgehead atoms. The lowest BCUT2D eigenvalue weighted by atomic mass is 10.1. The number of H-pyrrole nitrogens is 1. The van der Waals surface area contributed by atoms with Crippen LogP contribution in [0, 0.1) is 0 Å². The molecule has 4 rings (SSSR count). The fourth-order valence-electron chi connectivity index (χ4n) is 3.52. The number of amides is 2. The lowest BCUT2D eigenvalue weighted by Crippen LogP contribution is -2.30. The number of carbonyl (C=O) groups is 2. The second kappa shape index (κ2) is 10.7. The minimum atomic E-state index is -0.678. The highest BCUT2D eigenvalue weighted by Gasteiger charge is 2.19. The Morgan fingerprint density at radius 2 is 2.06 bits per heavy atom. The molecule has 180 valence electrons. The number of aromatic amines is 1. The standard InChI is InChI=1S/C24H22ClN5O4S/c1-34-21-10-19-15(11-27-21)8-16(23(32)29-19)24(33)30-20-9-13(2-3-17(20)25)22(31)28-18(4-6-26)14-5-7-35-12-14/h2-3,5,7-12,18H,4,6,26H2,1H3,(H,28,31)(H,29,32)(H,30,33). The van der Waals surface area contributed by atoms with Crippen LogP contribution in [0.25, 0.3) is 10.9 Å². The summed E-state index contributed by atoms with van der Waals surface area (Å²) >= 11 is 7.80. The first-order valence-electron chi connectivity index (χ1n) is 10.6. The van der Waals surface area contributed by atoms with Crippen LogP contribution in [0.15, 0.2) is 58.1 Å². The number of nitrogens with zero attached hydrogens (tertiary/aromatic N) is 1. The molecule has 5 N–H and O–H groups in total. The van der Waals surface area contributed by atoms with Crippen molar-refractivity contribution in [3.63, 3.8) is 0 Å². The number of halogens is 1. The quantitative estimate of drug-likeness (QED) is 0.284. The van der Waals surface area contributed by atoms with Crippen molar-refractivity contribution in [2.24, 2.45) is 5.73 Å². The average molecular weight is 512 g/mol. The van der Waals surface area contributed by atoms with Crippen molar-refractivity contribution in [1.29, 1.82) is 0 Å². The maximum absolute atomic E-state index is 12.9. The lowest BCUT2D eigenvalue weighted by molar-refractivity contribution is 0.0934. The number of ether oxygens (including phenoxy) is 1. The molecule has 3 heterocycles. The average Bonchev–Trinajstić information content (AvgIpc) is 3.39. The van der Waals surface area contributed by atoms with Crippen molar-refractivity contribution >= 4 is 51.3 Å². The van der Waals surface area contributed by atoms with Crippen molar-refractivity contribution in [1.82, 2.24) is 15.3 Å². The van der Waals surface area contributed by atoms with Crippen LogP contribution in [-0.4, -0.2) is 35.4 Å². The minimum Gasteiger partial charge on any atom is -0.481 e. The molecule has 0 aliphatic rings. The summed E-state index contributed by atoms with van der Waals surface area (Å²) in [6.07, 6.45) is 2.06. The summed E-state index contributed by atoms with van der Waals surface area (Å²) in [7, 11) is 1.47. The zero-order chi connectivity index (χ0) is 24.9. The Kier molecular flexibility index (Phi) is 7.45. The molecule has 0 aliphatic carbocycles. The number of nitrogens with one attached hydrogen (secondary N) is 3. The summed E-state index contributed by atoms with van der Waals surface area (Å²) in [4.78, 5) is 45.1. The lowest BCUT2D eigenvalue weighted by Gasteiger charge is -2.18. The van der Waals surface area contributed by atoms with E-state index in [0.717, 1.165) is 5.56 Å². The van der Waals surface area contributed by atoms with Crippen LogP contribution in [0.3, 0.4) is 0 Å². The molecule has 1 unspecified atom stereocenters. The van der Waals surface area contributed by atoms with Crippen LogP contribution in [-0.2, 0) is 0 Å². The van der Waals surface area contributed by atoms with E-state index in [9.17, 15) is 14.4 Å². The van der Waals surface area contributed by atoms with Crippen LogP contribution in [0.1, 0.15) is 38.7 Å². The minimum absolute atomic E-state index is 0.129. The monoisotopic (exact) mass is 511 g/mol. The third kappa shape index (κ3) is 5.51. The summed E-state index contributed by atoms with van der Waals surface area (Å²) < 4.78 is 5.06. The molecule has 11 heteroatoms. The van der Waals surface area contributed by atoms with Crippen LogP contribution in [0.2, 0.25) is 5.02 Å². The molecule has 9 nitrogen and oxygen atoms in total. The van der Waals surface area contributed by atoms with E-state index in [4.69, 9.17) is 22.1 Å². The van der Waals surface area contributed by atoms with Gasteiger partial charge in [-0.2, -0.15) is 11.3 Å². The van der Waals surface area contributed by atoms with E-state index in [-0.39, 0.29) is 28.2 Å². The van der Waals surface area contributed by atoms with E-state index < -0.39 is 11.5 Å². The fourth-order valence-corrected chi connectivity index (χ4v) is 4.40. The van der Waals surface area contributed by atoms with E-state index in [0.29, 0.717) is 35.3 Å². The normalized spacial score (nSPS) is 11.7. The highest BCUT2D eigenvalue weighted by Crippen LogP contribution is 2.25. The predicted octanol–water partition coefficient (Wildman–Crippen LogP) is 3.72. The first-order chi connectivity index (χ1) is 16.9. The van der Waals surface area contributed by atoms with Gasteiger partial charge in [0, 0.05) is 23.2 Å². The first kappa shape index (κ1) is 24.4. The third-order valence-electron chi connectivity index (χ3n) is 5.34. The van der Waals surface area contributed by atoms with Crippen LogP contribution in [0.4, 0.5) is 5.69 Å². The maximum atomic E-state index is 12.9. The van der Waals surface area contributed by atoms with Crippen molar-refractivity contribution in [3.8, 4) is 5.88 Å². The number of nitrogens with two attached hydrogens (primary N) is 1. The van der Waals surface area contributed by atoms with E-state index in [1.807, 2.05) is 16.8 Å². The van der Waals surface area contributed by atoms with Gasteiger partial charge in [-0.3, -0.25) is 14.4 Å². The van der Waals surface area contributed by atoms with Gasteiger partial charge in [-0.1, -0.05) is 11.6 Å². The van der Waals surface area contributed by atoms with Gasteiger partial charge in [0.2, 0.25) is 5.88 Å². The topological polar surface area (TPSA) is 139 Å². The molecule has 35 heavy (non-hydrogen) atoms. The number of anilines is 1. The van der Waals surface area contributed by atoms with Crippen LogP contribution < -0.4 is 26.7 Å². The Balaban J connectivity index is 1.56. The number of thiophene rings is 1. The Morgan fingerprint density at radius 1 is 1.23 bits per heavy atom. The highest BCUT2D eigenvalue weighted by atomic mass is 35.5. The van der Waals surface area contributed by atoms with E-state index >= 15 is 0 Å². The van der Waals surface area contributed by atoms with Crippen molar-refractivity contribution < 1.29 is 14.3 Å². The Hall–Kier alpha value is -3.73. The zero-order valence-corrected chi connectivity index (χ0v) is 20.2. The van der Waals surface area contributed by atoms with Gasteiger partial charge >= 0.3 is 0 Å². The second-order valence-corrected chi connectivity index (χ2v) is 8.82. The largest absolute Gasteiger partial charge is 0.481 e. The van der Waals surface area contributed by atoms with Gasteiger partial charge in [0.25, 0.3) is 17.4 Å². The van der Waals surface area contributed by atoms with Gasteiger partial charge in [-0.25, -0.2) is 4.98 Å². The van der Waals surface area contributed by atoms with Crippen LogP contribution in [0.5, 0.6) is 5.88 Å². The van der Waals surface area contributed by atoms with E-state index in [1.165, 1.54) is 42.8 Å². The molecule has 0 saturated carbocycles. The number of benzene rings is 1. The molecule has 2 amide bonds. The molecular weight excluding hydrogens is 490 g/mol. The first-order valence-corrected chi connectivity index (χ1v) is 11.9. The molecule has 3 aromatic heterocycles. The maximum Gasteiger partial charge on any atom is 0.261 e. The van der Waals surface area contributed by atoms with Gasteiger partial charge in [0.15, 0.2) is 0 Å². The van der Waals surface area contributed by atoms with Crippen molar-refractivity contribution in [2.75, 3.05) is 19.0 Å². The molecule has 0 radical (unpaired) electrons. The summed E-state index contributed by atoms with van der Waals surface area (Å²) in [6.45, 7) is 0.408. The summed E-state index contributed by atoms with van der Waals surface area (Å²) in [5.74, 6) is -0.687. The van der Waals surface area contributed by atoms with Gasteiger partial charge in [0.1, 0.15) is 5.56 Å². The third-order valence-corrected chi connectivity index (χ3v) is 6.37. The Morgan fingerprint density at radius 3 is 2.77 bits per heavy atom. The van der Waals surface area contributed by atoms with Gasteiger partial charge in [-0.05, 0) is 59.6 Å². The number of aromatic nitrogens is 2. The van der Waals surface area contributed by atoms with E-state index in [2.05, 4.69) is 20.6 Å².